The highest BCUT2D eigenvalue weighted by atomic mass is 32.1. The van der Waals surface area contributed by atoms with Gasteiger partial charge in [0.1, 0.15) is 5.82 Å². The molecule has 4 nitrogen and oxygen atoms in total. The zero-order valence-corrected chi connectivity index (χ0v) is 18.4. The lowest BCUT2D eigenvalue weighted by Crippen LogP contribution is -2.29. The Kier molecular flexibility index (Phi) is 5.72. The topological polar surface area (TPSA) is 53.2 Å². The predicted molar refractivity (Wildman–Crippen MR) is 120 cm³/mol. The second kappa shape index (κ2) is 8.26. The number of hydrogen-bond donors (Lipinski definition) is 3. The lowest BCUT2D eigenvalue weighted by molar-refractivity contribution is 0.252. The zero-order chi connectivity index (χ0) is 20.5. The molecule has 0 fully saturated rings. The van der Waals surface area contributed by atoms with Gasteiger partial charge in [-0.3, -0.25) is 5.32 Å². The van der Waals surface area contributed by atoms with Crippen LogP contribution in [0.1, 0.15) is 32.0 Å². The minimum Gasteiger partial charge on any atom is -0.334 e. The fourth-order valence-electron chi connectivity index (χ4n) is 3.63. The average molecular weight is 430 g/mol. The molecule has 3 N–H and O–H groups in total. The van der Waals surface area contributed by atoms with Crippen molar-refractivity contribution in [3.05, 3.63) is 62.1 Å². The summed E-state index contributed by atoms with van der Waals surface area (Å²) in [7, 11) is 0. The summed E-state index contributed by atoms with van der Waals surface area (Å²) < 4.78 is 13.8. The fraction of sp³-hybridized carbons (Fsp3) is 0.318. The van der Waals surface area contributed by atoms with Gasteiger partial charge in [0.2, 0.25) is 0 Å². The maximum atomic E-state index is 13.8. The molecule has 0 spiro atoms. The first kappa shape index (κ1) is 20.1. The first-order valence-corrected chi connectivity index (χ1v) is 11.3. The summed E-state index contributed by atoms with van der Waals surface area (Å²) in [6.45, 7) is 8.32. The van der Waals surface area contributed by atoms with Gasteiger partial charge in [0, 0.05) is 27.7 Å². The molecule has 0 unspecified atom stereocenters. The smallest absolute Gasteiger partial charge is 0.320 e. The van der Waals surface area contributed by atoms with E-state index in [0.717, 1.165) is 46.1 Å². The van der Waals surface area contributed by atoms with Crippen LogP contribution in [-0.2, 0) is 19.5 Å². The molecular formula is C22H24FN3OS2. The van der Waals surface area contributed by atoms with Crippen LogP contribution in [0.25, 0.3) is 10.4 Å². The van der Waals surface area contributed by atoms with Gasteiger partial charge in [0.05, 0.1) is 5.00 Å². The first-order valence-electron chi connectivity index (χ1n) is 9.65. The summed E-state index contributed by atoms with van der Waals surface area (Å²) >= 11 is 3.29. The number of carbonyl (C=O) groups excluding carboxylic acids is 1. The largest absolute Gasteiger partial charge is 0.334 e. The molecule has 2 amide bonds. The van der Waals surface area contributed by atoms with E-state index in [1.165, 1.54) is 26.9 Å². The molecule has 1 aliphatic rings. The molecule has 3 aromatic rings. The maximum Gasteiger partial charge on any atom is 0.320 e. The maximum absolute atomic E-state index is 13.8. The van der Waals surface area contributed by atoms with E-state index in [2.05, 4.69) is 29.8 Å². The van der Waals surface area contributed by atoms with Crippen molar-refractivity contribution in [1.29, 1.82) is 0 Å². The Bertz CT molecular complexity index is 1070. The van der Waals surface area contributed by atoms with Crippen molar-refractivity contribution >= 4 is 33.7 Å². The van der Waals surface area contributed by atoms with Crippen LogP contribution in [0.5, 0.6) is 0 Å². The Morgan fingerprint density at radius 2 is 2.03 bits per heavy atom. The van der Waals surface area contributed by atoms with E-state index in [-0.39, 0.29) is 11.8 Å². The lowest BCUT2D eigenvalue weighted by Gasteiger charge is -2.15. The van der Waals surface area contributed by atoms with Gasteiger partial charge < -0.3 is 10.6 Å². The minimum absolute atomic E-state index is 0.214. The summed E-state index contributed by atoms with van der Waals surface area (Å²) in [5.41, 5.74) is 5.58. The molecule has 0 atom stereocenters. The number of benzene rings is 1. The fourth-order valence-corrected chi connectivity index (χ4v) is 6.02. The molecule has 4 rings (SSSR count). The quantitative estimate of drug-likeness (QED) is 0.512. The van der Waals surface area contributed by atoms with Crippen LogP contribution in [0.15, 0.2) is 24.3 Å². The Labute approximate surface area is 178 Å². The van der Waals surface area contributed by atoms with E-state index in [9.17, 15) is 9.18 Å². The zero-order valence-electron chi connectivity index (χ0n) is 16.7. The summed E-state index contributed by atoms with van der Waals surface area (Å²) in [4.78, 5) is 16.1. The van der Waals surface area contributed by atoms with Gasteiger partial charge in [-0.15, -0.1) is 22.7 Å². The number of carbonyl (C=O) groups is 1. The van der Waals surface area contributed by atoms with Gasteiger partial charge in [0.25, 0.3) is 0 Å². The number of anilines is 1. The van der Waals surface area contributed by atoms with Crippen molar-refractivity contribution in [2.45, 2.75) is 40.3 Å². The molecule has 3 heterocycles. The number of fused-ring (bicyclic) bond motifs is 1. The highest BCUT2D eigenvalue weighted by Crippen LogP contribution is 2.38. The van der Waals surface area contributed by atoms with Crippen molar-refractivity contribution < 1.29 is 9.18 Å². The first-order chi connectivity index (χ1) is 13.9. The molecule has 0 bridgehead atoms. The van der Waals surface area contributed by atoms with Crippen molar-refractivity contribution in [3.8, 4) is 10.4 Å². The van der Waals surface area contributed by atoms with Gasteiger partial charge in [-0.2, -0.15) is 0 Å². The monoisotopic (exact) mass is 429 g/mol. The molecule has 1 aromatic carbocycles. The molecule has 0 saturated carbocycles. The van der Waals surface area contributed by atoms with E-state index >= 15 is 0 Å². The normalized spacial score (nSPS) is 13.2. The van der Waals surface area contributed by atoms with E-state index in [1.54, 1.807) is 34.8 Å². The van der Waals surface area contributed by atoms with Crippen LogP contribution >= 0.6 is 22.7 Å². The third-order valence-corrected chi connectivity index (χ3v) is 8.01. The Morgan fingerprint density at radius 3 is 2.76 bits per heavy atom. The van der Waals surface area contributed by atoms with Crippen molar-refractivity contribution in [2.24, 2.45) is 0 Å². The molecule has 1 aliphatic heterocycles. The predicted octanol–water partition coefficient (Wildman–Crippen LogP) is 5.51. The lowest BCUT2D eigenvalue weighted by atomic mass is 10.00. The van der Waals surface area contributed by atoms with Crippen LogP contribution in [-0.4, -0.2) is 12.6 Å². The number of hydrogen-bond acceptors (Lipinski definition) is 4. The van der Waals surface area contributed by atoms with Gasteiger partial charge >= 0.3 is 6.03 Å². The molecule has 152 valence electrons. The number of rotatable bonds is 4. The standard InChI is InChI=1S/C22H24FN3OS2/c1-12-13(2)21(28-14(12)3)26-22(27)25-10-18-17-7-8-24-11-19(17)29-20(18)15-5-4-6-16(23)9-15/h4-6,9,24H,7-8,10-11H2,1-3H3,(H2,25,26,27). The van der Waals surface area contributed by atoms with Crippen molar-refractivity contribution in [1.82, 2.24) is 10.6 Å². The number of amides is 2. The van der Waals surface area contributed by atoms with E-state index in [1.807, 2.05) is 13.0 Å². The van der Waals surface area contributed by atoms with Crippen LogP contribution in [0.2, 0.25) is 0 Å². The minimum atomic E-state index is -0.248. The molecule has 29 heavy (non-hydrogen) atoms. The molecule has 0 radical (unpaired) electrons. The molecule has 0 aliphatic carbocycles. The van der Waals surface area contributed by atoms with Crippen molar-refractivity contribution in [2.75, 3.05) is 11.9 Å². The van der Waals surface area contributed by atoms with E-state index < -0.39 is 0 Å². The second-order valence-corrected chi connectivity index (χ2v) is 9.62. The van der Waals surface area contributed by atoms with Crippen LogP contribution in [0.3, 0.4) is 0 Å². The van der Waals surface area contributed by atoms with Gasteiger partial charge in [-0.1, -0.05) is 12.1 Å². The van der Waals surface area contributed by atoms with E-state index in [4.69, 9.17) is 0 Å². The summed E-state index contributed by atoms with van der Waals surface area (Å²) in [6.07, 6.45) is 0.919. The summed E-state index contributed by atoms with van der Waals surface area (Å²) in [5, 5.41) is 10.3. The van der Waals surface area contributed by atoms with E-state index in [0.29, 0.717) is 6.54 Å². The Balaban J connectivity index is 1.57. The number of halogens is 1. The molecule has 2 aromatic heterocycles. The molecular weight excluding hydrogens is 405 g/mol. The summed E-state index contributed by atoms with van der Waals surface area (Å²) in [5.74, 6) is -0.248. The second-order valence-electron chi connectivity index (χ2n) is 7.29. The summed E-state index contributed by atoms with van der Waals surface area (Å²) in [6, 6.07) is 6.47. The Hall–Kier alpha value is -2.22. The van der Waals surface area contributed by atoms with Crippen LogP contribution in [0.4, 0.5) is 14.2 Å². The number of aryl methyl sites for hydroxylation is 1. The SMILES string of the molecule is Cc1sc(NC(=O)NCc2c(-c3cccc(F)c3)sc3c2CCNC3)c(C)c1C. The number of urea groups is 1. The number of thiophene rings is 2. The Morgan fingerprint density at radius 1 is 1.21 bits per heavy atom. The van der Waals surface area contributed by atoms with Gasteiger partial charge in [-0.25, -0.2) is 9.18 Å². The third kappa shape index (κ3) is 4.08. The molecule has 7 heteroatoms. The third-order valence-electron chi connectivity index (χ3n) is 5.46. The van der Waals surface area contributed by atoms with Crippen LogP contribution < -0.4 is 16.0 Å². The van der Waals surface area contributed by atoms with Crippen molar-refractivity contribution in [3.63, 3.8) is 0 Å². The van der Waals surface area contributed by atoms with Crippen LogP contribution in [0, 0.1) is 26.6 Å². The highest BCUT2D eigenvalue weighted by Gasteiger charge is 2.22. The van der Waals surface area contributed by atoms with Gasteiger partial charge in [-0.05, 0) is 73.7 Å². The highest BCUT2D eigenvalue weighted by molar-refractivity contribution is 7.16. The van der Waals surface area contributed by atoms with Gasteiger partial charge in [0.15, 0.2) is 0 Å². The number of nitrogens with one attached hydrogen (secondary N) is 3. The molecule has 0 saturated heterocycles. The average Bonchev–Trinajstić information content (AvgIpc) is 3.19.